The van der Waals surface area contributed by atoms with Crippen LogP contribution in [0.1, 0.15) is 100.0 Å². The number of hydrogen-bond acceptors (Lipinski definition) is 14. The molecular formula is C73H91N13O12. The fourth-order valence-corrected chi connectivity index (χ4v) is 13.5. The first-order valence-electron chi connectivity index (χ1n) is 33.9. The smallest absolute Gasteiger partial charge is 0.256 e. The van der Waals surface area contributed by atoms with E-state index in [2.05, 4.69) is 31.9 Å². The van der Waals surface area contributed by atoms with E-state index in [1.807, 2.05) is 96.4 Å². The molecular weight excluding hydrogens is 1250 g/mol. The average Bonchev–Trinajstić information content (AvgIpc) is 1.63. The molecule has 25 nitrogen and oxygen atoms in total. The van der Waals surface area contributed by atoms with E-state index in [0.717, 1.165) is 16.7 Å². The second-order valence-corrected chi connectivity index (χ2v) is 26.2. The van der Waals surface area contributed by atoms with Crippen molar-refractivity contribution in [3.63, 3.8) is 0 Å². The van der Waals surface area contributed by atoms with Gasteiger partial charge >= 0.3 is 0 Å². The van der Waals surface area contributed by atoms with Crippen molar-refractivity contribution in [1.29, 1.82) is 0 Å². The molecule has 520 valence electrons. The van der Waals surface area contributed by atoms with Gasteiger partial charge in [-0.15, -0.1) is 0 Å². The van der Waals surface area contributed by atoms with Crippen molar-refractivity contribution >= 4 is 65.0 Å². The highest BCUT2D eigenvalue weighted by molar-refractivity contribution is 6.00. The molecule has 0 aromatic heterocycles. The average molecular weight is 1340 g/mol. The highest BCUT2D eigenvalue weighted by Gasteiger charge is 2.47. The van der Waals surface area contributed by atoms with E-state index in [0.29, 0.717) is 49.7 Å². The summed E-state index contributed by atoms with van der Waals surface area (Å²) in [7, 11) is 0. The van der Waals surface area contributed by atoms with Crippen LogP contribution in [0.15, 0.2) is 146 Å². The molecule has 4 saturated heterocycles. The number of carbonyl (C=O) groups excluding carboxylic acids is 11. The largest absolute Gasteiger partial charge is 0.508 e. The number of phenols is 1. The van der Waals surface area contributed by atoms with Gasteiger partial charge in [0.15, 0.2) is 0 Å². The lowest BCUT2D eigenvalue weighted by atomic mass is 9.99. The predicted octanol–water partition coefficient (Wildman–Crippen LogP) is 1.77. The number of likely N-dealkylation sites (tertiary alicyclic amines) is 4. The second-order valence-electron chi connectivity index (χ2n) is 26.2. The number of aromatic hydroxyl groups is 1. The Labute approximate surface area is 570 Å². The Morgan fingerprint density at radius 2 is 0.745 bits per heavy atom. The normalized spacial score (nSPS) is 19.6. The molecule has 11 amide bonds. The first-order chi connectivity index (χ1) is 47.2. The van der Waals surface area contributed by atoms with Gasteiger partial charge in [-0.1, -0.05) is 147 Å². The lowest BCUT2D eigenvalue weighted by Crippen LogP contribution is -2.61. The number of rotatable bonds is 28. The van der Waals surface area contributed by atoms with Gasteiger partial charge in [0, 0.05) is 51.9 Å². The van der Waals surface area contributed by atoms with Crippen LogP contribution in [0.4, 0.5) is 0 Å². The quantitative estimate of drug-likeness (QED) is 0.0194. The fourth-order valence-electron chi connectivity index (χ4n) is 13.5. The number of hydrazine groups is 1. The molecule has 0 unspecified atom stereocenters. The minimum atomic E-state index is -1.38. The molecule has 4 heterocycles. The number of amides is 11. The van der Waals surface area contributed by atoms with Crippen LogP contribution in [-0.4, -0.2) is 182 Å². The van der Waals surface area contributed by atoms with E-state index < -0.39 is 137 Å². The monoisotopic (exact) mass is 1340 g/mol. The molecule has 5 aromatic rings. The summed E-state index contributed by atoms with van der Waals surface area (Å²) in [4.78, 5) is 164. The molecule has 98 heavy (non-hydrogen) atoms. The molecule has 0 saturated carbocycles. The molecule has 12 N–H and O–H groups in total. The second kappa shape index (κ2) is 34.3. The van der Waals surface area contributed by atoms with Crippen molar-refractivity contribution in [3.05, 3.63) is 173 Å². The summed E-state index contributed by atoms with van der Waals surface area (Å²) in [6, 6.07) is 30.1. The summed E-state index contributed by atoms with van der Waals surface area (Å²) in [5.41, 5.74) is 11.9. The first kappa shape index (κ1) is 72.3. The third-order valence-corrected chi connectivity index (χ3v) is 18.8. The fraction of sp³-hybridized carbons (Fsp3) is 0.438. The van der Waals surface area contributed by atoms with Crippen molar-refractivity contribution in [2.45, 2.75) is 171 Å². The van der Waals surface area contributed by atoms with Crippen molar-refractivity contribution in [3.8, 4) is 5.75 Å². The van der Waals surface area contributed by atoms with Crippen LogP contribution in [0.5, 0.6) is 5.75 Å². The van der Waals surface area contributed by atoms with Crippen LogP contribution in [-0.2, 0) is 84.8 Å². The van der Waals surface area contributed by atoms with Gasteiger partial charge in [0.05, 0.1) is 6.04 Å². The van der Waals surface area contributed by atoms with Gasteiger partial charge in [0.2, 0.25) is 59.1 Å². The zero-order valence-corrected chi connectivity index (χ0v) is 55.7. The lowest BCUT2D eigenvalue weighted by molar-refractivity contribution is -0.148. The molecule has 0 radical (unpaired) electrons. The summed E-state index contributed by atoms with van der Waals surface area (Å²) in [5.74, 6) is -1.83. The molecule has 11 atom stereocenters. The Bertz CT molecular complexity index is 3610. The lowest BCUT2D eigenvalue weighted by Gasteiger charge is -2.34. The van der Waals surface area contributed by atoms with Crippen molar-refractivity contribution in [2.75, 3.05) is 26.2 Å². The van der Waals surface area contributed by atoms with Crippen molar-refractivity contribution in [2.24, 2.45) is 17.5 Å². The van der Waals surface area contributed by atoms with Gasteiger partial charge < -0.3 is 62.3 Å². The van der Waals surface area contributed by atoms with Crippen LogP contribution in [0.25, 0.3) is 0 Å². The van der Waals surface area contributed by atoms with E-state index in [4.69, 9.17) is 11.6 Å². The van der Waals surface area contributed by atoms with Crippen LogP contribution in [0, 0.1) is 5.92 Å². The number of hydrogen-bond donors (Lipinski definition) is 10. The van der Waals surface area contributed by atoms with Gasteiger partial charge in [0.1, 0.15) is 66.2 Å². The summed E-state index contributed by atoms with van der Waals surface area (Å²) in [5, 5.41) is 27.3. The number of benzene rings is 5. The predicted molar refractivity (Wildman–Crippen MR) is 364 cm³/mol. The van der Waals surface area contributed by atoms with Crippen LogP contribution in [0.3, 0.4) is 0 Å². The van der Waals surface area contributed by atoms with Crippen LogP contribution < -0.4 is 48.9 Å². The molecule has 4 aliphatic rings. The Hall–Kier alpha value is -10.0. The summed E-state index contributed by atoms with van der Waals surface area (Å²) in [6.45, 7) is 5.70. The summed E-state index contributed by atoms with van der Waals surface area (Å²) >= 11 is 0. The first-order valence-corrected chi connectivity index (χ1v) is 33.9. The molecule has 0 spiro atoms. The van der Waals surface area contributed by atoms with E-state index in [1.54, 1.807) is 56.3 Å². The standard InChI is InChI=1S/C73H91N13O12/c1-45(2)62(73(98)86-39-19-31-61(86)72(97)83-36-16-28-58(83)68(93)76-46(3)63(88)82-75)81-67(92)56(42-49-24-12-6-13-25-49)78-65(90)55(43-51-32-34-52(87)35-33-51)79-69(94)59-29-17-37-84(59)71(96)60-30-18-38-85(60)70(95)57(44-50-26-14-7-15-27-50)80-66(91)54(41-48-22-10-5-11-23-48)77-64(89)53(74)40-47-20-8-4-9-21-47/h4-15,20-27,32-35,45-46,53-62,87H,16-19,28-31,36-44,74-75H2,1-3H3,(H,76,93)(H,77,89)(H,78,90)(H,79,94)(H,80,91)(H,81,92)(H,82,88)/t46-,53-,54-,55-,56-,57-,58-,59-,60-,61-,62-/m0/s1. The van der Waals surface area contributed by atoms with Gasteiger partial charge in [-0.05, 0) is 111 Å². The van der Waals surface area contributed by atoms with E-state index >= 15 is 14.4 Å². The highest BCUT2D eigenvalue weighted by Crippen LogP contribution is 2.29. The molecule has 4 aliphatic heterocycles. The summed E-state index contributed by atoms with van der Waals surface area (Å²) in [6.07, 6.45) is 3.06. The SMILES string of the molecule is CC(C)[C@H](NC(=O)[C@H](Cc1ccccc1)NC(=O)[C@H](Cc1ccc(O)cc1)NC(=O)[C@@H]1CCCN1C(=O)[C@@H]1CCCN1C(=O)[C@H](Cc1ccccc1)NC(=O)[C@H](Cc1ccccc1)NC(=O)[C@@H](N)Cc1ccccc1)C(=O)N1CCC[C@H]1C(=O)N1CCC[C@H]1C(=O)N[C@@H](C)C(=O)NN. The number of nitrogens with zero attached hydrogens (tertiary/aromatic N) is 4. The van der Waals surface area contributed by atoms with Crippen LogP contribution >= 0.6 is 0 Å². The molecule has 0 bridgehead atoms. The molecule has 25 heteroatoms. The number of phenolic OH excluding ortho intramolecular Hbond substituents is 1. The zero-order valence-electron chi connectivity index (χ0n) is 55.7. The number of nitrogens with two attached hydrogens (primary N) is 2. The topological polar surface area (TPSA) is 357 Å². The maximum atomic E-state index is 15.2. The third kappa shape index (κ3) is 18.8. The highest BCUT2D eigenvalue weighted by atomic mass is 16.3. The molecule has 4 fully saturated rings. The molecule has 0 aliphatic carbocycles. The minimum absolute atomic E-state index is 0.0392. The van der Waals surface area contributed by atoms with Gasteiger partial charge in [-0.25, -0.2) is 5.84 Å². The molecule has 5 aromatic carbocycles. The van der Waals surface area contributed by atoms with E-state index in [-0.39, 0.29) is 76.9 Å². The maximum absolute atomic E-state index is 15.2. The Kier molecular flexibility index (Phi) is 25.3. The van der Waals surface area contributed by atoms with Gasteiger partial charge in [0.25, 0.3) is 5.91 Å². The van der Waals surface area contributed by atoms with Crippen molar-refractivity contribution < 1.29 is 57.8 Å². The van der Waals surface area contributed by atoms with E-state index in [9.17, 15) is 43.5 Å². The minimum Gasteiger partial charge on any atom is -0.508 e. The molecule has 9 rings (SSSR count). The Morgan fingerprint density at radius 3 is 1.18 bits per heavy atom. The Morgan fingerprint density at radius 1 is 0.398 bits per heavy atom. The number of nitrogens with one attached hydrogen (secondary N) is 7. The Balaban J connectivity index is 0.908. The third-order valence-electron chi connectivity index (χ3n) is 18.8. The van der Waals surface area contributed by atoms with Gasteiger partial charge in [-0.2, -0.15) is 0 Å². The number of carbonyl (C=O) groups is 11. The zero-order chi connectivity index (χ0) is 70.0. The summed E-state index contributed by atoms with van der Waals surface area (Å²) < 4.78 is 0. The van der Waals surface area contributed by atoms with Crippen LogP contribution in [0.2, 0.25) is 0 Å². The van der Waals surface area contributed by atoms with E-state index in [1.165, 1.54) is 38.7 Å². The van der Waals surface area contributed by atoms with Crippen molar-refractivity contribution in [1.82, 2.24) is 56.9 Å². The van der Waals surface area contributed by atoms with Gasteiger partial charge in [-0.3, -0.25) is 58.2 Å². The maximum Gasteiger partial charge on any atom is 0.256 e.